The molecule has 4 nitrogen and oxygen atoms in total. The molecule has 0 aliphatic rings. The van der Waals surface area contributed by atoms with Crippen molar-refractivity contribution in [3.8, 4) is 5.75 Å². The van der Waals surface area contributed by atoms with Gasteiger partial charge in [-0.05, 0) is 12.1 Å². The molecule has 0 fully saturated rings. The lowest BCUT2D eigenvalue weighted by Gasteiger charge is -2.18. The van der Waals surface area contributed by atoms with Crippen LogP contribution in [0.5, 0.6) is 5.75 Å². The van der Waals surface area contributed by atoms with Gasteiger partial charge in [0.2, 0.25) is 0 Å². The minimum atomic E-state index is -1.09. The standard InChI is InChI=1S/C12H15F2NO3/c1-7(2)15-10(12(16)17)6-18-11-4-3-8(13)5-9(11)14/h3-5,7,10,15H,6H2,1-2H3,(H,16,17). The zero-order valence-corrected chi connectivity index (χ0v) is 10.1. The number of carbonyl (C=O) groups is 1. The monoisotopic (exact) mass is 259 g/mol. The van der Waals surface area contributed by atoms with E-state index in [4.69, 9.17) is 9.84 Å². The molecule has 0 aromatic heterocycles. The predicted octanol–water partition coefficient (Wildman–Crippen LogP) is 1.79. The molecular weight excluding hydrogens is 244 g/mol. The smallest absolute Gasteiger partial charge is 0.324 e. The fraction of sp³-hybridized carbons (Fsp3) is 0.417. The maximum absolute atomic E-state index is 13.2. The summed E-state index contributed by atoms with van der Waals surface area (Å²) in [7, 11) is 0. The molecular formula is C12H15F2NO3. The van der Waals surface area contributed by atoms with E-state index in [2.05, 4.69) is 5.32 Å². The molecule has 1 aromatic carbocycles. The third kappa shape index (κ3) is 4.29. The van der Waals surface area contributed by atoms with Crippen molar-refractivity contribution < 1.29 is 23.4 Å². The van der Waals surface area contributed by atoms with Gasteiger partial charge in [-0.3, -0.25) is 10.1 Å². The fourth-order valence-corrected chi connectivity index (χ4v) is 1.36. The van der Waals surface area contributed by atoms with E-state index in [0.717, 1.165) is 12.1 Å². The van der Waals surface area contributed by atoms with Crippen molar-refractivity contribution in [1.82, 2.24) is 5.32 Å². The number of carboxylic acids is 1. The van der Waals surface area contributed by atoms with Crippen molar-refractivity contribution in [2.75, 3.05) is 6.61 Å². The van der Waals surface area contributed by atoms with Crippen molar-refractivity contribution >= 4 is 5.97 Å². The van der Waals surface area contributed by atoms with Gasteiger partial charge in [0.1, 0.15) is 18.5 Å². The number of ether oxygens (including phenoxy) is 1. The number of aliphatic carboxylic acids is 1. The van der Waals surface area contributed by atoms with Crippen LogP contribution < -0.4 is 10.1 Å². The van der Waals surface area contributed by atoms with Crippen molar-refractivity contribution in [3.05, 3.63) is 29.8 Å². The molecule has 1 atom stereocenters. The van der Waals surface area contributed by atoms with Gasteiger partial charge in [0.05, 0.1) is 0 Å². The normalized spacial score (nSPS) is 12.5. The largest absolute Gasteiger partial charge is 0.488 e. The lowest BCUT2D eigenvalue weighted by atomic mass is 10.2. The quantitative estimate of drug-likeness (QED) is 0.817. The molecule has 0 bridgehead atoms. The van der Waals surface area contributed by atoms with Gasteiger partial charge in [0.25, 0.3) is 0 Å². The highest BCUT2D eigenvalue weighted by Gasteiger charge is 2.19. The van der Waals surface area contributed by atoms with Crippen molar-refractivity contribution in [3.63, 3.8) is 0 Å². The summed E-state index contributed by atoms with van der Waals surface area (Å²) in [5.74, 6) is -2.84. The molecule has 0 amide bonds. The van der Waals surface area contributed by atoms with E-state index in [-0.39, 0.29) is 18.4 Å². The summed E-state index contributed by atoms with van der Waals surface area (Å²) in [6, 6.07) is 1.85. The van der Waals surface area contributed by atoms with Crippen LogP contribution in [-0.4, -0.2) is 29.8 Å². The van der Waals surface area contributed by atoms with Crippen LogP contribution in [0.25, 0.3) is 0 Å². The van der Waals surface area contributed by atoms with Crippen LogP contribution in [0.1, 0.15) is 13.8 Å². The second-order valence-corrected chi connectivity index (χ2v) is 4.10. The highest BCUT2D eigenvalue weighted by Crippen LogP contribution is 2.17. The highest BCUT2D eigenvalue weighted by molar-refractivity contribution is 5.73. The van der Waals surface area contributed by atoms with E-state index < -0.39 is 23.6 Å². The number of rotatable bonds is 6. The molecule has 0 radical (unpaired) electrons. The Balaban J connectivity index is 2.64. The molecule has 100 valence electrons. The summed E-state index contributed by atoms with van der Waals surface area (Å²) in [6.45, 7) is 3.33. The topological polar surface area (TPSA) is 58.6 Å². The van der Waals surface area contributed by atoms with E-state index >= 15 is 0 Å². The zero-order valence-electron chi connectivity index (χ0n) is 10.1. The first-order chi connectivity index (χ1) is 8.40. The van der Waals surface area contributed by atoms with E-state index in [1.165, 1.54) is 0 Å². The Morgan fingerprint density at radius 2 is 2.11 bits per heavy atom. The van der Waals surface area contributed by atoms with Crippen LogP contribution >= 0.6 is 0 Å². The molecule has 1 unspecified atom stereocenters. The Bertz CT molecular complexity index is 424. The number of hydrogen-bond donors (Lipinski definition) is 2. The molecule has 18 heavy (non-hydrogen) atoms. The molecule has 0 heterocycles. The van der Waals surface area contributed by atoms with E-state index in [9.17, 15) is 13.6 Å². The zero-order chi connectivity index (χ0) is 13.7. The summed E-state index contributed by atoms with van der Waals surface area (Å²) < 4.78 is 30.9. The molecule has 0 saturated carbocycles. The number of nitrogens with one attached hydrogen (secondary N) is 1. The van der Waals surface area contributed by atoms with Gasteiger partial charge in [0.15, 0.2) is 11.6 Å². The second kappa shape index (κ2) is 6.30. The van der Waals surface area contributed by atoms with Crippen LogP contribution in [-0.2, 0) is 4.79 Å². The van der Waals surface area contributed by atoms with Crippen LogP contribution in [0, 0.1) is 11.6 Å². The SMILES string of the molecule is CC(C)NC(COc1ccc(F)cc1F)C(=O)O. The predicted molar refractivity (Wildman–Crippen MR) is 61.5 cm³/mol. The first kappa shape index (κ1) is 14.4. The molecule has 1 aromatic rings. The van der Waals surface area contributed by atoms with Crippen LogP contribution in [0.3, 0.4) is 0 Å². The van der Waals surface area contributed by atoms with Crippen LogP contribution in [0.4, 0.5) is 8.78 Å². The maximum atomic E-state index is 13.2. The van der Waals surface area contributed by atoms with Gasteiger partial charge < -0.3 is 9.84 Å². The first-order valence-corrected chi connectivity index (χ1v) is 5.47. The summed E-state index contributed by atoms with van der Waals surface area (Å²) in [5.41, 5.74) is 0. The molecule has 0 spiro atoms. The van der Waals surface area contributed by atoms with E-state index in [1.54, 1.807) is 13.8 Å². The lowest BCUT2D eigenvalue weighted by molar-refractivity contribution is -0.140. The van der Waals surface area contributed by atoms with Gasteiger partial charge in [0, 0.05) is 12.1 Å². The molecule has 0 aliphatic heterocycles. The molecule has 0 aliphatic carbocycles. The lowest BCUT2D eigenvalue weighted by Crippen LogP contribution is -2.44. The number of carboxylic acid groups (broad SMARTS) is 1. The molecule has 1 rings (SSSR count). The maximum Gasteiger partial charge on any atom is 0.324 e. The van der Waals surface area contributed by atoms with E-state index in [1.807, 2.05) is 0 Å². The third-order valence-corrected chi connectivity index (χ3v) is 2.13. The number of benzene rings is 1. The van der Waals surface area contributed by atoms with Crippen molar-refractivity contribution in [2.45, 2.75) is 25.9 Å². The summed E-state index contributed by atoms with van der Waals surface area (Å²) in [4.78, 5) is 10.9. The fourth-order valence-electron chi connectivity index (χ4n) is 1.36. The van der Waals surface area contributed by atoms with Gasteiger partial charge in [-0.2, -0.15) is 0 Å². The van der Waals surface area contributed by atoms with E-state index in [0.29, 0.717) is 6.07 Å². The minimum absolute atomic E-state index is 0.0484. The Labute approximate surface area is 104 Å². The van der Waals surface area contributed by atoms with Gasteiger partial charge in [-0.25, -0.2) is 8.78 Å². The van der Waals surface area contributed by atoms with Crippen LogP contribution in [0.15, 0.2) is 18.2 Å². The number of hydrogen-bond acceptors (Lipinski definition) is 3. The average Bonchev–Trinajstić information content (AvgIpc) is 2.25. The van der Waals surface area contributed by atoms with Gasteiger partial charge in [-0.1, -0.05) is 13.8 Å². The molecule has 2 N–H and O–H groups in total. The summed E-state index contributed by atoms with van der Waals surface area (Å²) in [5, 5.41) is 11.7. The molecule has 0 saturated heterocycles. The number of halogens is 2. The minimum Gasteiger partial charge on any atom is -0.488 e. The Kier molecular flexibility index (Phi) is 5.03. The highest BCUT2D eigenvalue weighted by atomic mass is 19.1. The van der Waals surface area contributed by atoms with Gasteiger partial charge in [-0.15, -0.1) is 0 Å². The Morgan fingerprint density at radius 1 is 1.44 bits per heavy atom. The average molecular weight is 259 g/mol. The molecule has 6 heteroatoms. The summed E-state index contributed by atoms with van der Waals surface area (Å²) >= 11 is 0. The van der Waals surface area contributed by atoms with Gasteiger partial charge >= 0.3 is 5.97 Å². The van der Waals surface area contributed by atoms with Crippen molar-refractivity contribution in [2.24, 2.45) is 0 Å². The van der Waals surface area contributed by atoms with Crippen LogP contribution in [0.2, 0.25) is 0 Å². The summed E-state index contributed by atoms with van der Waals surface area (Å²) in [6.07, 6.45) is 0. The Morgan fingerprint density at radius 3 is 2.61 bits per heavy atom. The Hall–Kier alpha value is -1.69. The first-order valence-electron chi connectivity index (χ1n) is 5.47. The second-order valence-electron chi connectivity index (χ2n) is 4.10. The van der Waals surface area contributed by atoms with Crippen molar-refractivity contribution in [1.29, 1.82) is 0 Å². The third-order valence-electron chi connectivity index (χ3n) is 2.13.